The van der Waals surface area contributed by atoms with Gasteiger partial charge in [0.2, 0.25) is 0 Å². The predicted octanol–water partition coefficient (Wildman–Crippen LogP) is 2.68. The van der Waals surface area contributed by atoms with Crippen molar-refractivity contribution < 1.29 is 68.6 Å². The highest BCUT2D eigenvalue weighted by Crippen LogP contribution is 2.50. The van der Waals surface area contributed by atoms with Gasteiger partial charge in [-0.2, -0.15) is 0 Å². The van der Waals surface area contributed by atoms with E-state index in [1.807, 2.05) is 13.8 Å². The number of esters is 2. The molecule has 8 rings (SSSR count). The Morgan fingerprint density at radius 3 is 1.58 bits per heavy atom. The molecule has 4 aliphatic carbocycles. The molecule has 0 aromatic rings. The highest BCUT2D eigenvalue weighted by molar-refractivity contribution is 5.74. The minimum atomic E-state index is -1.14. The molecule has 0 aromatic heterocycles. The number of hydrogen-bond acceptors (Lipinski definition) is 14. The Morgan fingerprint density at radius 1 is 0.596 bits per heavy atom. The van der Waals surface area contributed by atoms with Gasteiger partial charge < -0.3 is 59.1 Å². The number of ether oxygens (including phenoxy) is 6. The van der Waals surface area contributed by atoms with Gasteiger partial charge in [0, 0.05) is 0 Å². The summed E-state index contributed by atoms with van der Waals surface area (Å²) in [6.45, 7) is 5.22. The maximum absolute atomic E-state index is 12.5. The second-order valence-corrected chi connectivity index (χ2v) is 18.0. The summed E-state index contributed by atoms with van der Waals surface area (Å²) in [5.41, 5.74) is 0. The van der Waals surface area contributed by atoms with E-state index in [-0.39, 0.29) is 69.0 Å². The van der Waals surface area contributed by atoms with Gasteiger partial charge in [0.1, 0.15) is 61.0 Å². The fourth-order valence-corrected chi connectivity index (χ4v) is 11.8. The first-order chi connectivity index (χ1) is 27.6. The first-order valence-electron chi connectivity index (χ1n) is 22.4. The maximum atomic E-state index is 12.5. The van der Waals surface area contributed by atoms with Crippen molar-refractivity contribution in [2.24, 2.45) is 47.3 Å². The smallest absolute Gasteiger partial charge is 0.311 e. The van der Waals surface area contributed by atoms with Gasteiger partial charge in [-0.05, 0) is 93.8 Å². The summed E-state index contributed by atoms with van der Waals surface area (Å²) in [6.07, 6.45) is 7.97. The van der Waals surface area contributed by atoms with Gasteiger partial charge >= 0.3 is 11.9 Å². The van der Waals surface area contributed by atoms with E-state index in [0.717, 1.165) is 37.5 Å². The summed E-state index contributed by atoms with van der Waals surface area (Å²) >= 11 is 0. The van der Waals surface area contributed by atoms with Crippen molar-refractivity contribution in [3.63, 3.8) is 0 Å². The zero-order valence-corrected chi connectivity index (χ0v) is 34.4. The van der Waals surface area contributed by atoms with Crippen LogP contribution in [0.2, 0.25) is 0 Å². The minimum Gasteiger partial charge on any atom is -0.462 e. The highest BCUT2D eigenvalue weighted by atomic mass is 16.6. The minimum absolute atomic E-state index is 0.00345. The van der Waals surface area contributed by atoms with Crippen molar-refractivity contribution in [3.05, 3.63) is 0 Å². The van der Waals surface area contributed by atoms with E-state index in [0.29, 0.717) is 23.7 Å². The second kappa shape index (κ2) is 20.9. The molecule has 8 fully saturated rings. The lowest BCUT2D eigenvalue weighted by atomic mass is 9.62. The van der Waals surface area contributed by atoms with Crippen LogP contribution in [0.5, 0.6) is 0 Å². The molecule has 57 heavy (non-hydrogen) atoms. The predicted molar refractivity (Wildman–Crippen MR) is 205 cm³/mol. The lowest BCUT2D eigenvalue weighted by Crippen LogP contribution is -2.59. The molecule has 328 valence electrons. The van der Waals surface area contributed by atoms with Crippen molar-refractivity contribution in [1.82, 2.24) is 0 Å². The Balaban J connectivity index is 0.000000185. The monoisotopic (exact) mass is 812 g/mol. The number of carbonyl (C=O) groups excluding carboxylic acids is 2. The Labute approximate surface area is 338 Å². The SMILES string of the molecule is CC.CC1OC(CO)C(O)C(OCC2CC3C(CCC4CCCCC43)OC2=O)[C@H]1O.O=C1OC2CCC3CCCCC3C2CC1COC1C(O)C(CO)OC[C@@H]1O. The van der Waals surface area contributed by atoms with Crippen LogP contribution in [0, 0.1) is 47.3 Å². The fourth-order valence-electron chi connectivity index (χ4n) is 11.8. The normalized spacial score (nSPS) is 46.8. The van der Waals surface area contributed by atoms with E-state index in [2.05, 4.69) is 0 Å². The van der Waals surface area contributed by atoms with Gasteiger partial charge in [-0.3, -0.25) is 9.59 Å². The summed E-state index contributed by atoms with van der Waals surface area (Å²) in [6, 6.07) is 0. The molecular weight excluding hydrogens is 740 g/mol. The number of aliphatic hydroxyl groups is 6. The van der Waals surface area contributed by atoms with E-state index in [1.54, 1.807) is 6.92 Å². The molecule has 0 aromatic carbocycles. The highest BCUT2D eigenvalue weighted by Gasteiger charge is 2.50. The van der Waals surface area contributed by atoms with E-state index >= 15 is 0 Å². The molecule has 14 nitrogen and oxygen atoms in total. The lowest BCUT2D eigenvalue weighted by Gasteiger charge is -2.48. The van der Waals surface area contributed by atoms with Crippen LogP contribution < -0.4 is 0 Å². The Bertz CT molecular complexity index is 1270. The van der Waals surface area contributed by atoms with Gasteiger partial charge in [0.15, 0.2) is 0 Å². The Hall–Kier alpha value is -1.46. The molecule has 0 radical (unpaired) electrons. The van der Waals surface area contributed by atoms with Crippen LogP contribution in [0.1, 0.15) is 111 Å². The number of aliphatic hydroxyl groups excluding tert-OH is 6. The zero-order valence-electron chi connectivity index (χ0n) is 34.4. The standard InChI is InChI=1S/C21H34O7.C20H32O7.C2H6/c1-11-18(23)20(19(24)17(9-22)27-11)26-10-13-8-15-14-5-3-2-4-12(14)6-7-16(15)28-21(13)25;21-8-17-18(23)19(15(22)10-25-17)26-9-12-7-14-13-4-2-1-3-11(13)5-6-16(14)27-20(12)24;1-2/h11-20,22-24H,2-10H2,1H3;11-19,21-23H,1-10H2;1-2H3/t11?,12?,13?,14?,15?,16?,17?,18-,19?,20?;11?,12?,13?,14?,15-,16?,17?,18?,19?;/m00./s1. The first kappa shape index (κ1) is 45.1. The molecule has 14 heteroatoms. The largest absolute Gasteiger partial charge is 0.462 e. The van der Waals surface area contributed by atoms with Crippen molar-refractivity contribution in [1.29, 1.82) is 0 Å². The summed E-state index contributed by atoms with van der Waals surface area (Å²) in [5, 5.41) is 59.7. The zero-order chi connectivity index (χ0) is 40.8. The first-order valence-corrected chi connectivity index (χ1v) is 22.4. The van der Waals surface area contributed by atoms with E-state index in [4.69, 9.17) is 28.4 Å². The van der Waals surface area contributed by atoms with Crippen molar-refractivity contribution in [3.8, 4) is 0 Å². The molecule has 4 aliphatic heterocycles. The molecule has 19 atom stereocenters. The van der Waals surface area contributed by atoms with Crippen molar-refractivity contribution in [2.45, 2.75) is 178 Å². The van der Waals surface area contributed by atoms with Gasteiger partial charge in [-0.1, -0.05) is 52.4 Å². The van der Waals surface area contributed by atoms with Crippen molar-refractivity contribution >= 4 is 11.9 Å². The lowest BCUT2D eigenvalue weighted by molar-refractivity contribution is -0.242. The molecule has 6 N–H and O–H groups in total. The maximum Gasteiger partial charge on any atom is 0.311 e. The van der Waals surface area contributed by atoms with E-state index in [9.17, 15) is 40.2 Å². The molecule has 0 amide bonds. The molecule has 4 heterocycles. The van der Waals surface area contributed by atoms with Gasteiger partial charge in [-0.25, -0.2) is 0 Å². The van der Waals surface area contributed by atoms with Crippen LogP contribution in [-0.2, 0) is 38.0 Å². The number of rotatable bonds is 8. The summed E-state index contributed by atoms with van der Waals surface area (Å²) in [5.74, 6) is 2.45. The second-order valence-electron chi connectivity index (χ2n) is 18.0. The third kappa shape index (κ3) is 10.2. The molecule has 8 aliphatic rings. The van der Waals surface area contributed by atoms with Crippen LogP contribution in [0.25, 0.3) is 0 Å². The topological polar surface area (TPSA) is 211 Å². The quantitative estimate of drug-likeness (QED) is 0.195. The molecule has 0 spiro atoms. The van der Waals surface area contributed by atoms with Gasteiger partial charge in [0.25, 0.3) is 0 Å². The number of hydrogen-bond donors (Lipinski definition) is 6. The average molecular weight is 813 g/mol. The third-order valence-electron chi connectivity index (χ3n) is 14.8. The van der Waals surface area contributed by atoms with Crippen LogP contribution >= 0.6 is 0 Å². The summed E-state index contributed by atoms with van der Waals surface area (Å²) in [7, 11) is 0. The average Bonchev–Trinajstić information content (AvgIpc) is 3.23. The van der Waals surface area contributed by atoms with Gasteiger partial charge in [-0.15, -0.1) is 0 Å². The third-order valence-corrected chi connectivity index (χ3v) is 14.8. The molecule has 4 saturated heterocycles. The molecule has 0 bridgehead atoms. The number of fused-ring (bicyclic) bond motifs is 6. The van der Waals surface area contributed by atoms with E-state index in [1.165, 1.54) is 64.2 Å². The molecule has 17 unspecified atom stereocenters. The molecular formula is C43H72O14. The number of carbonyl (C=O) groups is 2. The van der Waals surface area contributed by atoms with Gasteiger partial charge in [0.05, 0.1) is 51.0 Å². The fraction of sp³-hybridized carbons (Fsp3) is 0.953. The Kier molecular flexibility index (Phi) is 16.5. The van der Waals surface area contributed by atoms with E-state index < -0.39 is 54.9 Å². The summed E-state index contributed by atoms with van der Waals surface area (Å²) in [4.78, 5) is 25.0. The van der Waals surface area contributed by atoms with Crippen LogP contribution in [0.3, 0.4) is 0 Å². The van der Waals surface area contributed by atoms with Crippen LogP contribution in [0.4, 0.5) is 0 Å². The molecule has 4 saturated carbocycles. The van der Waals surface area contributed by atoms with Crippen LogP contribution in [0.15, 0.2) is 0 Å². The van der Waals surface area contributed by atoms with Crippen LogP contribution in [-0.4, -0.2) is 143 Å². The summed E-state index contributed by atoms with van der Waals surface area (Å²) < 4.78 is 33.8. The van der Waals surface area contributed by atoms with Crippen molar-refractivity contribution in [2.75, 3.05) is 33.0 Å². The Morgan fingerprint density at radius 2 is 1.07 bits per heavy atom.